The van der Waals surface area contributed by atoms with Crippen molar-refractivity contribution in [3.8, 4) is 0 Å². The van der Waals surface area contributed by atoms with E-state index in [2.05, 4.69) is 0 Å². The van der Waals surface area contributed by atoms with Crippen molar-refractivity contribution in [3.05, 3.63) is 29.8 Å². The van der Waals surface area contributed by atoms with Crippen LogP contribution < -0.4 is 0 Å². The first-order chi connectivity index (χ1) is 8.95. The lowest BCUT2D eigenvalue weighted by Crippen LogP contribution is -2.29. The highest BCUT2D eigenvalue weighted by Crippen LogP contribution is 2.22. The second-order valence-electron chi connectivity index (χ2n) is 4.61. The highest BCUT2D eigenvalue weighted by Gasteiger charge is 2.31. The molecule has 5 nitrogen and oxygen atoms in total. The standard InChI is InChI=1S/C13H17NO4S/c1-2-13(16)10-4-3-5-12(8-10)19(17,18)14-7-6-11(15)9-14/h3-5,8,11,15H,2,6-7,9H2,1H3/t11-/m1/s1. The van der Waals surface area contributed by atoms with Crippen LogP contribution in [0.1, 0.15) is 30.1 Å². The van der Waals surface area contributed by atoms with Crippen LogP contribution in [0.5, 0.6) is 0 Å². The molecule has 19 heavy (non-hydrogen) atoms. The monoisotopic (exact) mass is 283 g/mol. The summed E-state index contributed by atoms with van der Waals surface area (Å²) in [5.74, 6) is -0.0847. The molecule has 1 heterocycles. The van der Waals surface area contributed by atoms with Gasteiger partial charge in [-0.1, -0.05) is 19.1 Å². The molecule has 1 atom stereocenters. The second kappa shape index (κ2) is 5.40. The number of Topliss-reactive ketones (excluding diaryl/α,β-unsaturated/α-hetero) is 1. The average Bonchev–Trinajstić information content (AvgIpc) is 2.85. The van der Waals surface area contributed by atoms with Crippen molar-refractivity contribution in [2.75, 3.05) is 13.1 Å². The number of sulfonamides is 1. The maximum atomic E-state index is 12.3. The lowest BCUT2D eigenvalue weighted by atomic mass is 10.1. The Morgan fingerprint density at radius 2 is 2.21 bits per heavy atom. The van der Waals surface area contributed by atoms with Crippen LogP contribution in [0, 0.1) is 0 Å². The van der Waals surface area contributed by atoms with Gasteiger partial charge in [-0.25, -0.2) is 8.42 Å². The van der Waals surface area contributed by atoms with Gasteiger partial charge in [-0.3, -0.25) is 4.79 Å². The molecular formula is C13H17NO4S. The summed E-state index contributed by atoms with van der Waals surface area (Å²) in [6.45, 7) is 2.17. The van der Waals surface area contributed by atoms with Crippen LogP contribution in [0.3, 0.4) is 0 Å². The third-order valence-corrected chi connectivity index (χ3v) is 5.10. The maximum Gasteiger partial charge on any atom is 0.243 e. The van der Waals surface area contributed by atoms with Gasteiger partial charge in [-0.05, 0) is 18.6 Å². The molecule has 1 aromatic carbocycles. The SMILES string of the molecule is CCC(=O)c1cccc(S(=O)(=O)N2CC[C@@H](O)C2)c1. The maximum absolute atomic E-state index is 12.3. The van der Waals surface area contributed by atoms with Gasteiger partial charge in [0.15, 0.2) is 5.78 Å². The molecule has 0 bridgehead atoms. The summed E-state index contributed by atoms with van der Waals surface area (Å²) in [5.41, 5.74) is 0.406. The van der Waals surface area contributed by atoms with E-state index in [9.17, 15) is 18.3 Å². The van der Waals surface area contributed by atoms with Crippen LogP contribution >= 0.6 is 0 Å². The van der Waals surface area contributed by atoms with Gasteiger partial charge in [-0.2, -0.15) is 4.31 Å². The fourth-order valence-electron chi connectivity index (χ4n) is 2.11. The molecule has 1 N–H and O–H groups in total. The normalized spacial score (nSPS) is 20.6. The van der Waals surface area contributed by atoms with Crippen molar-refractivity contribution in [2.24, 2.45) is 0 Å². The number of carbonyl (C=O) groups is 1. The minimum absolute atomic E-state index is 0.0847. The minimum atomic E-state index is -3.61. The molecule has 0 spiro atoms. The fraction of sp³-hybridized carbons (Fsp3) is 0.462. The molecule has 1 fully saturated rings. The Kier molecular flexibility index (Phi) is 4.03. The summed E-state index contributed by atoms with van der Waals surface area (Å²) in [6.07, 6.45) is 0.189. The molecule has 1 aromatic rings. The molecule has 2 rings (SSSR count). The number of benzene rings is 1. The Morgan fingerprint density at radius 1 is 1.47 bits per heavy atom. The van der Waals surface area contributed by atoms with Crippen LogP contribution in [-0.4, -0.2) is 42.8 Å². The van der Waals surface area contributed by atoms with E-state index in [1.54, 1.807) is 19.1 Å². The van der Waals surface area contributed by atoms with E-state index in [4.69, 9.17) is 0 Å². The summed E-state index contributed by atoms with van der Waals surface area (Å²) in [6, 6.07) is 6.07. The third kappa shape index (κ3) is 2.86. The van der Waals surface area contributed by atoms with E-state index in [1.807, 2.05) is 0 Å². The van der Waals surface area contributed by atoms with E-state index < -0.39 is 16.1 Å². The summed E-state index contributed by atoms with van der Waals surface area (Å²) in [5, 5.41) is 9.43. The van der Waals surface area contributed by atoms with Crippen LogP contribution in [0.15, 0.2) is 29.2 Å². The second-order valence-corrected chi connectivity index (χ2v) is 6.55. The Morgan fingerprint density at radius 3 is 2.79 bits per heavy atom. The number of hydrogen-bond donors (Lipinski definition) is 1. The van der Waals surface area contributed by atoms with Gasteiger partial charge >= 0.3 is 0 Å². The Hall–Kier alpha value is -1.24. The van der Waals surface area contributed by atoms with Crippen LogP contribution in [-0.2, 0) is 10.0 Å². The van der Waals surface area contributed by atoms with Crippen molar-refractivity contribution in [1.82, 2.24) is 4.31 Å². The quantitative estimate of drug-likeness (QED) is 0.838. The van der Waals surface area contributed by atoms with Crippen LogP contribution in [0.2, 0.25) is 0 Å². The lowest BCUT2D eigenvalue weighted by molar-refractivity contribution is 0.0988. The van der Waals surface area contributed by atoms with Crippen molar-refractivity contribution >= 4 is 15.8 Å². The third-order valence-electron chi connectivity index (χ3n) is 3.24. The highest BCUT2D eigenvalue weighted by molar-refractivity contribution is 7.89. The van der Waals surface area contributed by atoms with Gasteiger partial charge in [0.25, 0.3) is 0 Å². The highest BCUT2D eigenvalue weighted by atomic mass is 32.2. The van der Waals surface area contributed by atoms with Crippen molar-refractivity contribution in [2.45, 2.75) is 30.8 Å². The smallest absolute Gasteiger partial charge is 0.243 e. The number of ketones is 1. The predicted molar refractivity (Wildman–Crippen MR) is 70.4 cm³/mol. The van der Waals surface area contributed by atoms with Crippen molar-refractivity contribution < 1.29 is 18.3 Å². The molecule has 0 amide bonds. The number of rotatable bonds is 4. The first kappa shape index (κ1) is 14.2. The first-order valence-electron chi connectivity index (χ1n) is 6.26. The zero-order valence-electron chi connectivity index (χ0n) is 10.7. The molecule has 0 aliphatic carbocycles. The van der Waals surface area contributed by atoms with Crippen molar-refractivity contribution in [1.29, 1.82) is 0 Å². The molecule has 0 unspecified atom stereocenters. The lowest BCUT2D eigenvalue weighted by Gasteiger charge is -2.16. The summed E-state index contributed by atoms with van der Waals surface area (Å²) in [4.78, 5) is 11.7. The zero-order valence-corrected chi connectivity index (χ0v) is 11.6. The van der Waals surface area contributed by atoms with E-state index in [0.29, 0.717) is 24.9 Å². The summed E-state index contributed by atoms with van der Waals surface area (Å²) < 4.78 is 26.0. The number of aliphatic hydroxyl groups is 1. The van der Waals surface area contributed by atoms with Gasteiger partial charge in [-0.15, -0.1) is 0 Å². The molecule has 6 heteroatoms. The Bertz CT molecular complexity index is 582. The van der Waals surface area contributed by atoms with Crippen LogP contribution in [0.4, 0.5) is 0 Å². The Labute approximate surface area is 112 Å². The zero-order chi connectivity index (χ0) is 14.0. The van der Waals surface area contributed by atoms with Crippen molar-refractivity contribution in [3.63, 3.8) is 0 Å². The molecule has 0 aromatic heterocycles. The molecule has 0 saturated carbocycles. The molecule has 1 aliphatic heterocycles. The molecule has 1 saturated heterocycles. The van der Waals surface area contributed by atoms with Gasteiger partial charge in [0.1, 0.15) is 0 Å². The van der Waals surface area contributed by atoms with Gasteiger partial charge < -0.3 is 5.11 Å². The minimum Gasteiger partial charge on any atom is -0.392 e. The molecule has 104 valence electrons. The topological polar surface area (TPSA) is 74.7 Å². The van der Waals surface area contributed by atoms with Gasteiger partial charge in [0.05, 0.1) is 11.0 Å². The van der Waals surface area contributed by atoms with Gasteiger partial charge in [0, 0.05) is 25.1 Å². The van der Waals surface area contributed by atoms with E-state index in [-0.39, 0.29) is 17.2 Å². The van der Waals surface area contributed by atoms with E-state index in [0.717, 1.165) is 0 Å². The molecule has 0 radical (unpaired) electrons. The first-order valence-corrected chi connectivity index (χ1v) is 7.70. The largest absolute Gasteiger partial charge is 0.392 e. The summed E-state index contributed by atoms with van der Waals surface area (Å²) in [7, 11) is -3.61. The van der Waals surface area contributed by atoms with Crippen LogP contribution in [0.25, 0.3) is 0 Å². The van der Waals surface area contributed by atoms with E-state index in [1.165, 1.54) is 16.4 Å². The number of carbonyl (C=O) groups excluding carboxylic acids is 1. The number of aliphatic hydroxyl groups excluding tert-OH is 1. The molecule has 1 aliphatic rings. The number of nitrogens with zero attached hydrogens (tertiary/aromatic N) is 1. The predicted octanol–water partition coefficient (Wildman–Crippen LogP) is 1.03. The van der Waals surface area contributed by atoms with Gasteiger partial charge in [0.2, 0.25) is 10.0 Å². The average molecular weight is 283 g/mol. The number of β-amino-alcohol motifs (C(OH)–C–C–N with tert-alkyl or cyclic N) is 1. The molecular weight excluding hydrogens is 266 g/mol. The summed E-state index contributed by atoms with van der Waals surface area (Å²) >= 11 is 0. The number of hydrogen-bond acceptors (Lipinski definition) is 4. The fourth-order valence-corrected chi connectivity index (χ4v) is 3.65. The van der Waals surface area contributed by atoms with E-state index >= 15 is 0 Å². The Balaban J connectivity index is 2.33.